The Morgan fingerprint density at radius 1 is 1.06 bits per heavy atom. The number of benzene rings is 1. The standard InChI is InChI=1S/C16H28N2/c1-14-7-5-8-15(13-14)9-6-10-17-11-12-18-16(2,3)4/h5,7-8,13,17-18H,6,9-12H2,1-4H3. The molecule has 1 aromatic rings. The molecule has 0 aromatic heterocycles. The average molecular weight is 248 g/mol. The molecule has 1 rings (SSSR count). The lowest BCUT2D eigenvalue weighted by Crippen LogP contribution is -2.40. The van der Waals surface area contributed by atoms with Gasteiger partial charge >= 0.3 is 0 Å². The number of nitrogens with one attached hydrogen (secondary N) is 2. The van der Waals surface area contributed by atoms with Crippen LogP contribution in [0.1, 0.15) is 38.3 Å². The van der Waals surface area contributed by atoms with Crippen LogP contribution in [0.5, 0.6) is 0 Å². The summed E-state index contributed by atoms with van der Waals surface area (Å²) in [6.45, 7) is 11.9. The van der Waals surface area contributed by atoms with Crippen LogP contribution in [0.3, 0.4) is 0 Å². The van der Waals surface area contributed by atoms with Gasteiger partial charge in [0.15, 0.2) is 0 Å². The summed E-state index contributed by atoms with van der Waals surface area (Å²) in [5.41, 5.74) is 3.03. The van der Waals surface area contributed by atoms with Gasteiger partial charge in [0.2, 0.25) is 0 Å². The highest BCUT2D eigenvalue weighted by atomic mass is 15.0. The second-order valence-corrected chi connectivity index (χ2v) is 6.02. The van der Waals surface area contributed by atoms with Gasteiger partial charge in [-0.3, -0.25) is 0 Å². The van der Waals surface area contributed by atoms with Crippen LogP contribution in [0.15, 0.2) is 24.3 Å². The van der Waals surface area contributed by atoms with E-state index in [9.17, 15) is 0 Å². The maximum Gasteiger partial charge on any atom is 0.00970 e. The highest BCUT2D eigenvalue weighted by Gasteiger charge is 2.06. The fourth-order valence-corrected chi connectivity index (χ4v) is 1.94. The highest BCUT2D eigenvalue weighted by molar-refractivity contribution is 5.22. The monoisotopic (exact) mass is 248 g/mol. The Bertz CT molecular complexity index is 339. The summed E-state index contributed by atoms with van der Waals surface area (Å²) in [7, 11) is 0. The fourth-order valence-electron chi connectivity index (χ4n) is 1.94. The van der Waals surface area contributed by atoms with E-state index in [1.807, 2.05) is 0 Å². The van der Waals surface area contributed by atoms with Gasteiger partial charge < -0.3 is 10.6 Å². The lowest BCUT2D eigenvalue weighted by atomic mass is 10.1. The molecule has 0 spiro atoms. The fraction of sp³-hybridized carbons (Fsp3) is 0.625. The van der Waals surface area contributed by atoms with Crippen LogP contribution < -0.4 is 10.6 Å². The van der Waals surface area contributed by atoms with E-state index in [1.165, 1.54) is 24.0 Å². The zero-order chi connectivity index (χ0) is 13.4. The van der Waals surface area contributed by atoms with Crippen LogP contribution in [-0.2, 0) is 6.42 Å². The number of aryl methyl sites for hydroxylation is 2. The van der Waals surface area contributed by atoms with Crippen molar-refractivity contribution in [2.24, 2.45) is 0 Å². The molecule has 0 aliphatic carbocycles. The Morgan fingerprint density at radius 2 is 1.83 bits per heavy atom. The largest absolute Gasteiger partial charge is 0.315 e. The zero-order valence-electron chi connectivity index (χ0n) is 12.3. The summed E-state index contributed by atoms with van der Waals surface area (Å²) in [6.07, 6.45) is 2.38. The molecule has 0 heterocycles. The smallest absolute Gasteiger partial charge is 0.00970 e. The van der Waals surface area contributed by atoms with Crippen LogP contribution in [0.2, 0.25) is 0 Å². The van der Waals surface area contributed by atoms with Crippen LogP contribution in [0, 0.1) is 6.92 Å². The van der Waals surface area contributed by atoms with E-state index in [1.54, 1.807) is 0 Å². The maximum atomic E-state index is 3.48. The lowest BCUT2D eigenvalue weighted by molar-refractivity contribution is 0.421. The zero-order valence-corrected chi connectivity index (χ0v) is 12.3. The van der Waals surface area contributed by atoms with Crippen molar-refractivity contribution in [3.05, 3.63) is 35.4 Å². The molecule has 0 bridgehead atoms. The van der Waals surface area contributed by atoms with Crippen molar-refractivity contribution in [3.63, 3.8) is 0 Å². The van der Waals surface area contributed by atoms with Gasteiger partial charge in [0.1, 0.15) is 0 Å². The SMILES string of the molecule is Cc1cccc(CCCNCCNC(C)(C)C)c1. The number of rotatable bonds is 7. The normalized spacial score (nSPS) is 11.8. The molecule has 0 saturated carbocycles. The topological polar surface area (TPSA) is 24.1 Å². The minimum Gasteiger partial charge on any atom is -0.315 e. The molecule has 0 amide bonds. The van der Waals surface area contributed by atoms with Gasteiger partial charge in [-0.2, -0.15) is 0 Å². The van der Waals surface area contributed by atoms with Gasteiger partial charge in [-0.15, -0.1) is 0 Å². The van der Waals surface area contributed by atoms with Crippen molar-refractivity contribution in [2.45, 2.75) is 46.1 Å². The Labute approximate surface area is 112 Å². The van der Waals surface area contributed by atoms with Gasteiger partial charge in [-0.05, 0) is 52.6 Å². The summed E-state index contributed by atoms with van der Waals surface area (Å²) >= 11 is 0. The molecule has 2 nitrogen and oxygen atoms in total. The van der Waals surface area contributed by atoms with Gasteiger partial charge in [-0.1, -0.05) is 29.8 Å². The van der Waals surface area contributed by atoms with Crippen molar-refractivity contribution >= 4 is 0 Å². The van der Waals surface area contributed by atoms with Crippen molar-refractivity contribution in [2.75, 3.05) is 19.6 Å². The van der Waals surface area contributed by atoms with E-state index in [2.05, 4.69) is 62.6 Å². The second kappa shape index (κ2) is 7.55. The van der Waals surface area contributed by atoms with Gasteiger partial charge in [-0.25, -0.2) is 0 Å². The van der Waals surface area contributed by atoms with E-state index >= 15 is 0 Å². The van der Waals surface area contributed by atoms with Gasteiger partial charge in [0.25, 0.3) is 0 Å². The predicted molar refractivity (Wildman–Crippen MR) is 80.1 cm³/mol. The van der Waals surface area contributed by atoms with E-state index in [0.717, 1.165) is 19.6 Å². The minimum absolute atomic E-state index is 0.225. The van der Waals surface area contributed by atoms with Crippen LogP contribution in [0.25, 0.3) is 0 Å². The van der Waals surface area contributed by atoms with Crippen molar-refractivity contribution in [3.8, 4) is 0 Å². The Kier molecular flexibility index (Phi) is 6.37. The molecule has 1 aromatic carbocycles. The third-order valence-electron chi connectivity index (χ3n) is 2.86. The first-order valence-corrected chi connectivity index (χ1v) is 6.99. The average Bonchev–Trinajstić information content (AvgIpc) is 2.26. The van der Waals surface area contributed by atoms with Gasteiger partial charge in [0.05, 0.1) is 0 Å². The molecular formula is C16H28N2. The summed E-state index contributed by atoms with van der Waals surface area (Å²) in [6, 6.07) is 8.79. The molecule has 2 N–H and O–H groups in total. The molecule has 0 aliphatic heterocycles. The molecule has 0 atom stereocenters. The number of hydrogen-bond acceptors (Lipinski definition) is 2. The highest BCUT2D eigenvalue weighted by Crippen LogP contribution is 2.05. The maximum absolute atomic E-state index is 3.48. The molecule has 0 saturated heterocycles. The first-order valence-electron chi connectivity index (χ1n) is 6.99. The molecule has 102 valence electrons. The summed E-state index contributed by atoms with van der Waals surface area (Å²) < 4.78 is 0. The predicted octanol–water partition coefficient (Wildman–Crippen LogP) is 2.91. The van der Waals surface area contributed by atoms with Crippen LogP contribution in [-0.4, -0.2) is 25.2 Å². The molecule has 18 heavy (non-hydrogen) atoms. The van der Waals surface area contributed by atoms with E-state index < -0.39 is 0 Å². The Morgan fingerprint density at radius 3 is 2.50 bits per heavy atom. The molecule has 0 fully saturated rings. The quantitative estimate of drug-likeness (QED) is 0.725. The molecule has 0 unspecified atom stereocenters. The summed E-state index contributed by atoms with van der Waals surface area (Å²) in [5, 5.41) is 6.96. The van der Waals surface area contributed by atoms with Crippen LogP contribution in [0.4, 0.5) is 0 Å². The Hall–Kier alpha value is -0.860. The van der Waals surface area contributed by atoms with E-state index in [-0.39, 0.29) is 5.54 Å². The number of hydrogen-bond donors (Lipinski definition) is 2. The molecule has 2 heteroatoms. The van der Waals surface area contributed by atoms with Gasteiger partial charge in [0, 0.05) is 18.6 Å². The van der Waals surface area contributed by atoms with E-state index in [4.69, 9.17) is 0 Å². The molecule has 0 radical (unpaired) electrons. The third kappa shape index (κ3) is 7.46. The first kappa shape index (κ1) is 15.2. The summed E-state index contributed by atoms with van der Waals surface area (Å²) in [5.74, 6) is 0. The second-order valence-electron chi connectivity index (χ2n) is 6.02. The third-order valence-corrected chi connectivity index (χ3v) is 2.86. The van der Waals surface area contributed by atoms with E-state index in [0.29, 0.717) is 0 Å². The van der Waals surface area contributed by atoms with Crippen molar-refractivity contribution in [1.29, 1.82) is 0 Å². The van der Waals surface area contributed by atoms with Crippen molar-refractivity contribution < 1.29 is 0 Å². The Balaban J connectivity index is 2.02. The lowest BCUT2D eigenvalue weighted by Gasteiger charge is -2.20. The van der Waals surface area contributed by atoms with Crippen LogP contribution >= 0.6 is 0 Å². The first-order chi connectivity index (χ1) is 8.47. The summed E-state index contributed by atoms with van der Waals surface area (Å²) in [4.78, 5) is 0. The molecular weight excluding hydrogens is 220 g/mol. The minimum atomic E-state index is 0.225. The van der Waals surface area contributed by atoms with Crippen molar-refractivity contribution in [1.82, 2.24) is 10.6 Å². The molecule has 0 aliphatic rings.